The van der Waals surface area contributed by atoms with Gasteiger partial charge in [-0.25, -0.2) is 4.98 Å². The Morgan fingerprint density at radius 1 is 1.58 bits per heavy atom. The highest BCUT2D eigenvalue weighted by Crippen LogP contribution is 2.26. The van der Waals surface area contributed by atoms with Crippen LogP contribution >= 0.6 is 11.3 Å². The van der Waals surface area contributed by atoms with Crippen LogP contribution in [0, 0.1) is 6.92 Å². The van der Waals surface area contributed by atoms with Crippen molar-refractivity contribution in [2.75, 3.05) is 13.6 Å². The van der Waals surface area contributed by atoms with Crippen LogP contribution in [-0.4, -0.2) is 35.4 Å². The van der Waals surface area contributed by atoms with Crippen LogP contribution in [0.5, 0.6) is 0 Å². The predicted molar refractivity (Wildman–Crippen MR) is 75.2 cm³/mol. The molecule has 0 radical (unpaired) electrons. The van der Waals surface area contributed by atoms with E-state index in [1.807, 2.05) is 26.0 Å². The van der Waals surface area contributed by atoms with Gasteiger partial charge in [0.25, 0.3) is 5.91 Å². The molecule has 2 aromatic heterocycles. The van der Waals surface area contributed by atoms with Crippen molar-refractivity contribution in [1.29, 1.82) is 0 Å². The lowest BCUT2D eigenvalue weighted by Gasteiger charge is -2.22. The van der Waals surface area contributed by atoms with E-state index in [0.29, 0.717) is 23.0 Å². The fourth-order valence-corrected chi connectivity index (χ4v) is 2.33. The Kier molecular flexibility index (Phi) is 4.01. The quantitative estimate of drug-likeness (QED) is 0.930. The van der Waals surface area contributed by atoms with Crippen LogP contribution in [0.25, 0.3) is 10.8 Å². The summed E-state index contributed by atoms with van der Waals surface area (Å²) < 4.78 is 5.49. The topological polar surface area (TPSA) is 72.4 Å². The number of rotatable bonds is 4. The Balaban J connectivity index is 2.19. The summed E-state index contributed by atoms with van der Waals surface area (Å²) in [6.45, 7) is 4.21. The van der Waals surface area contributed by atoms with E-state index < -0.39 is 0 Å². The monoisotopic (exact) mass is 279 g/mol. The fraction of sp³-hybridized carbons (Fsp3) is 0.385. The van der Waals surface area contributed by atoms with Gasteiger partial charge in [0, 0.05) is 25.0 Å². The minimum atomic E-state index is -0.122. The molecule has 1 unspecified atom stereocenters. The summed E-state index contributed by atoms with van der Waals surface area (Å²) in [6, 6.07) is 3.72. The molecule has 2 aromatic rings. The third kappa shape index (κ3) is 2.85. The van der Waals surface area contributed by atoms with Gasteiger partial charge in [-0.05, 0) is 26.0 Å². The molecule has 1 atom stereocenters. The van der Waals surface area contributed by atoms with Gasteiger partial charge in [-0.15, -0.1) is 11.3 Å². The highest BCUT2D eigenvalue weighted by atomic mass is 32.1. The molecular weight excluding hydrogens is 262 g/mol. The first-order valence-corrected chi connectivity index (χ1v) is 6.90. The first-order valence-electron chi connectivity index (χ1n) is 6.02. The van der Waals surface area contributed by atoms with Crippen LogP contribution in [0.1, 0.15) is 23.2 Å². The van der Waals surface area contributed by atoms with Crippen molar-refractivity contribution in [3.05, 3.63) is 29.0 Å². The van der Waals surface area contributed by atoms with Gasteiger partial charge < -0.3 is 15.1 Å². The van der Waals surface area contributed by atoms with Crippen LogP contribution in [0.4, 0.5) is 0 Å². The SMILES string of the molecule is Cc1ccc(-c2nc(C(=O)N(C)C(C)CN)cs2)o1. The molecule has 0 fully saturated rings. The summed E-state index contributed by atoms with van der Waals surface area (Å²) in [5.41, 5.74) is 5.99. The lowest BCUT2D eigenvalue weighted by Crippen LogP contribution is -2.39. The number of carbonyl (C=O) groups is 1. The molecule has 5 nitrogen and oxygen atoms in total. The van der Waals surface area contributed by atoms with E-state index in [2.05, 4.69) is 4.98 Å². The molecule has 0 aliphatic carbocycles. The first-order chi connectivity index (χ1) is 9.02. The zero-order chi connectivity index (χ0) is 14.0. The number of nitrogens with two attached hydrogens (primary N) is 1. The van der Waals surface area contributed by atoms with E-state index in [0.717, 1.165) is 5.76 Å². The van der Waals surface area contributed by atoms with Crippen LogP contribution in [0.3, 0.4) is 0 Å². The highest BCUT2D eigenvalue weighted by Gasteiger charge is 2.20. The summed E-state index contributed by atoms with van der Waals surface area (Å²) in [5.74, 6) is 1.40. The molecule has 19 heavy (non-hydrogen) atoms. The Morgan fingerprint density at radius 2 is 2.32 bits per heavy atom. The Morgan fingerprint density at radius 3 is 2.89 bits per heavy atom. The van der Waals surface area contributed by atoms with Crippen LogP contribution in [0.2, 0.25) is 0 Å². The largest absolute Gasteiger partial charge is 0.459 e. The molecule has 0 bridgehead atoms. The van der Waals surface area contributed by atoms with Gasteiger partial charge in [-0.2, -0.15) is 0 Å². The van der Waals surface area contributed by atoms with E-state index in [-0.39, 0.29) is 11.9 Å². The Bertz CT molecular complexity index is 576. The number of amides is 1. The fourth-order valence-electron chi connectivity index (χ4n) is 1.57. The molecule has 0 aliphatic rings. The lowest BCUT2D eigenvalue weighted by molar-refractivity contribution is 0.0743. The van der Waals surface area contributed by atoms with Gasteiger partial charge in [0.05, 0.1) is 0 Å². The standard InChI is InChI=1S/C13H17N3O2S/c1-8(6-14)16(3)13(17)10-7-19-12(15-10)11-5-4-9(2)18-11/h4-5,7-8H,6,14H2,1-3H3. The van der Waals surface area contributed by atoms with Gasteiger partial charge in [-0.1, -0.05) is 0 Å². The van der Waals surface area contributed by atoms with Crippen LogP contribution in [-0.2, 0) is 0 Å². The smallest absolute Gasteiger partial charge is 0.273 e. The number of aryl methyl sites for hydroxylation is 1. The number of furan rings is 1. The maximum absolute atomic E-state index is 12.2. The normalized spacial score (nSPS) is 12.4. The average molecular weight is 279 g/mol. The summed E-state index contributed by atoms with van der Waals surface area (Å²) in [6.07, 6.45) is 0. The third-order valence-electron chi connectivity index (χ3n) is 3.00. The van der Waals surface area contributed by atoms with Gasteiger partial charge >= 0.3 is 0 Å². The van der Waals surface area contributed by atoms with Gasteiger partial charge in [0.1, 0.15) is 11.5 Å². The second-order valence-electron chi connectivity index (χ2n) is 4.45. The number of hydrogen-bond acceptors (Lipinski definition) is 5. The molecule has 2 heterocycles. The second kappa shape index (κ2) is 5.54. The molecule has 6 heteroatoms. The van der Waals surface area contributed by atoms with Gasteiger partial charge in [0.15, 0.2) is 10.8 Å². The number of aromatic nitrogens is 1. The van der Waals surface area contributed by atoms with Crippen molar-refractivity contribution in [2.24, 2.45) is 5.73 Å². The van der Waals surface area contributed by atoms with Crippen molar-refractivity contribution in [1.82, 2.24) is 9.88 Å². The maximum atomic E-state index is 12.2. The molecule has 0 aromatic carbocycles. The molecule has 1 amide bonds. The number of thiazole rings is 1. The summed E-state index contributed by atoms with van der Waals surface area (Å²) in [5, 5.41) is 2.46. The van der Waals surface area contributed by atoms with Crippen molar-refractivity contribution >= 4 is 17.2 Å². The van der Waals surface area contributed by atoms with Crippen LogP contribution < -0.4 is 5.73 Å². The highest BCUT2D eigenvalue weighted by molar-refractivity contribution is 7.13. The van der Waals surface area contributed by atoms with Crippen molar-refractivity contribution in [2.45, 2.75) is 19.9 Å². The number of likely N-dealkylation sites (N-methyl/N-ethyl adjacent to an activating group) is 1. The van der Waals surface area contributed by atoms with Crippen molar-refractivity contribution in [3.8, 4) is 10.8 Å². The van der Waals surface area contributed by atoms with Gasteiger partial charge in [-0.3, -0.25) is 4.79 Å². The second-order valence-corrected chi connectivity index (χ2v) is 5.31. The third-order valence-corrected chi connectivity index (χ3v) is 3.85. The summed E-state index contributed by atoms with van der Waals surface area (Å²) >= 11 is 1.40. The average Bonchev–Trinajstić information content (AvgIpc) is 3.04. The van der Waals surface area contributed by atoms with Crippen molar-refractivity contribution in [3.63, 3.8) is 0 Å². The molecule has 2 rings (SSSR count). The number of hydrogen-bond donors (Lipinski definition) is 1. The van der Waals surface area contributed by atoms with Gasteiger partial charge in [0.2, 0.25) is 0 Å². The minimum absolute atomic E-state index is 0.0106. The van der Waals surface area contributed by atoms with Crippen molar-refractivity contribution < 1.29 is 9.21 Å². The summed E-state index contributed by atoms with van der Waals surface area (Å²) in [4.78, 5) is 18.1. The summed E-state index contributed by atoms with van der Waals surface area (Å²) in [7, 11) is 1.73. The zero-order valence-corrected chi connectivity index (χ0v) is 12.0. The Hall–Kier alpha value is -1.66. The molecule has 2 N–H and O–H groups in total. The Labute approximate surface area is 116 Å². The van der Waals surface area contributed by atoms with E-state index >= 15 is 0 Å². The number of carbonyl (C=O) groups excluding carboxylic acids is 1. The molecule has 0 saturated carbocycles. The zero-order valence-electron chi connectivity index (χ0n) is 11.2. The first kappa shape index (κ1) is 13.8. The minimum Gasteiger partial charge on any atom is -0.459 e. The number of nitrogens with zero attached hydrogens (tertiary/aromatic N) is 2. The molecule has 0 saturated heterocycles. The van der Waals surface area contributed by atoms with Crippen LogP contribution in [0.15, 0.2) is 21.9 Å². The molecular formula is C13H17N3O2S. The van der Waals surface area contributed by atoms with E-state index in [1.54, 1.807) is 17.3 Å². The predicted octanol–water partition coefficient (Wildman–Crippen LogP) is 2.13. The molecule has 102 valence electrons. The lowest BCUT2D eigenvalue weighted by atomic mass is 10.3. The van der Waals surface area contributed by atoms with E-state index in [4.69, 9.17) is 10.2 Å². The maximum Gasteiger partial charge on any atom is 0.273 e. The van der Waals surface area contributed by atoms with E-state index in [9.17, 15) is 4.79 Å². The molecule has 0 spiro atoms. The van der Waals surface area contributed by atoms with E-state index in [1.165, 1.54) is 11.3 Å². The molecule has 0 aliphatic heterocycles.